The summed E-state index contributed by atoms with van der Waals surface area (Å²) >= 11 is 1.41. The van der Waals surface area contributed by atoms with Crippen molar-refractivity contribution in [2.45, 2.75) is 26.3 Å². The highest BCUT2D eigenvalue weighted by Gasteiger charge is 2.43. The van der Waals surface area contributed by atoms with Gasteiger partial charge in [0.1, 0.15) is 0 Å². The molecule has 192 valence electrons. The van der Waals surface area contributed by atoms with E-state index in [4.69, 9.17) is 14.2 Å². The van der Waals surface area contributed by atoms with Crippen LogP contribution in [0, 0.1) is 0 Å². The first kappa shape index (κ1) is 25.6. The van der Waals surface area contributed by atoms with Crippen LogP contribution in [-0.4, -0.2) is 85.2 Å². The number of rotatable bonds is 6. The topological polar surface area (TPSA) is 101 Å². The number of methoxy groups -OCH3 is 3. The van der Waals surface area contributed by atoms with Crippen LogP contribution in [0.1, 0.15) is 31.9 Å². The Morgan fingerprint density at radius 1 is 1.06 bits per heavy atom. The first-order valence-electron chi connectivity index (χ1n) is 11.6. The molecular weight excluding hydrogens is 484 g/mol. The summed E-state index contributed by atoms with van der Waals surface area (Å²) in [5.41, 5.74) is 2.32. The number of amidine groups is 1. The zero-order chi connectivity index (χ0) is 26.0. The number of para-hydroxylation sites is 1. The monoisotopic (exact) mass is 514 g/mol. The quantitative estimate of drug-likeness (QED) is 0.534. The van der Waals surface area contributed by atoms with Crippen molar-refractivity contribution in [2.75, 3.05) is 47.5 Å². The van der Waals surface area contributed by atoms with Crippen molar-refractivity contribution in [3.8, 4) is 11.5 Å². The molecule has 0 saturated carbocycles. The molecular formula is C25H30N4O6S. The number of nitrogens with zero attached hydrogens (tertiary/aromatic N) is 4. The zero-order valence-electron chi connectivity index (χ0n) is 21.1. The number of thioether (sulfide) groups is 1. The van der Waals surface area contributed by atoms with Gasteiger partial charge in [-0.25, -0.2) is 9.79 Å². The van der Waals surface area contributed by atoms with E-state index in [0.717, 1.165) is 5.70 Å². The Morgan fingerprint density at radius 2 is 1.75 bits per heavy atom. The number of carbonyl (C=O) groups is 3. The third-order valence-electron chi connectivity index (χ3n) is 6.54. The van der Waals surface area contributed by atoms with Crippen LogP contribution in [0.15, 0.2) is 45.6 Å². The molecule has 0 unspecified atom stereocenters. The molecule has 3 heterocycles. The lowest BCUT2D eigenvalue weighted by Crippen LogP contribution is -2.50. The van der Waals surface area contributed by atoms with E-state index in [1.807, 2.05) is 22.4 Å². The molecule has 1 aromatic rings. The summed E-state index contributed by atoms with van der Waals surface area (Å²) in [5, 5.41) is 2.56. The van der Waals surface area contributed by atoms with Gasteiger partial charge in [-0.05, 0) is 18.4 Å². The van der Waals surface area contributed by atoms with Gasteiger partial charge < -0.3 is 28.9 Å². The molecule has 4 rings (SSSR count). The average molecular weight is 515 g/mol. The van der Waals surface area contributed by atoms with E-state index in [9.17, 15) is 14.4 Å². The number of amides is 2. The predicted octanol–water partition coefficient (Wildman–Crippen LogP) is 2.53. The summed E-state index contributed by atoms with van der Waals surface area (Å²) in [7, 11) is 4.44. The van der Waals surface area contributed by atoms with Crippen molar-refractivity contribution < 1.29 is 28.6 Å². The van der Waals surface area contributed by atoms with Gasteiger partial charge in [0.15, 0.2) is 16.7 Å². The summed E-state index contributed by atoms with van der Waals surface area (Å²) in [4.78, 5) is 48.0. The van der Waals surface area contributed by atoms with Crippen molar-refractivity contribution in [3.63, 3.8) is 0 Å². The molecule has 0 radical (unpaired) electrons. The van der Waals surface area contributed by atoms with Crippen molar-refractivity contribution >= 4 is 34.7 Å². The highest BCUT2D eigenvalue weighted by molar-refractivity contribution is 8.16. The molecule has 0 spiro atoms. The molecule has 1 atom stereocenters. The predicted molar refractivity (Wildman–Crippen MR) is 135 cm³/mol. The fourth-order valence-corrected chi connectivity index (χ4v) is 5.66. The van der Waals surface area contributed by atoms with Gasteiger partial charge in [-0.15, -0.1) is 0 Å². The highest BCUT2D eigenvalue weighted by atomic mass is 32.2. The minimum atomic E-state index is -0.626. The molecule has 1 saturated heterocycles. The Bertz CT molecular complexity index is 1170. The Kier molecular flexibility index (Phi) is 7.58. The minimum Gasteiger partial charge on any atom is -0.493 e. The summed E-state index contributed by atoms with van der Waals surface area (Å²) in [6.45, 7) is 5.32. The number of benzene rings is 1. The number of piperazine rings is 1. The summed E-state index contributed by atoms with van der Waals surface area (Å²) < 4.78 is 16.3. The van der Waals surface area contributed by atoms with E-state index in [1.165, 1.54) is 25.8 Å². The van der Waals surface area contributed by atoms with Crippen LogP contribution < -0.4 is 9.47 Å². The zero-order valence-corrected chi connectivity index (χ0v) is 21.9. The van der Waals surface area contributed by atoms with Crippen LogP contribution in [0.25, 0.3) is 0 Å². The molecule has 11 heteroatoms. The summed E-state index contributed by atoms with van der Waals surface area (Å²) in [6.07, 6.45) is 0.127. The van der Waals surface area contributed by atoms with Gasteiger partial charge in [-0.2, -0.15) is 0 Å². The Morgan fingerprint density at radius 3 is 2.36 bits per heavy atom. The van der Waals surface area contributed by atoms with Gasteiger partial charge in [0.05, 0.1) is 45.1 Å². The number of ether oxygens (including phenoxy) is 3. The van der Waals surface area contributed by atoms with Crippen LogP contribution in [-0.2, 0) is 19.1 Å². The number of hydrogen-bond acceptors (Lipinski definition) is 9. The van der Waals surface area contributed by atoms with Gasteiger partial charge in [0.25, 0.3) is 0 Å². The van der Waals surface area contributed by atoms with Crippen molar-refractivity contribution in [1.29, 1.82) is 0 Å². The summed E-state index contributed by atoms with van der Waals surface area (Å²) in [6, 6.07) is 4.86. The highest BCUT2D eigenvalue weighted by Crippen LogP contribution is 2.48. The lowest BCUT2D eigenvalue weighted by molar-refractivity contribution is -0.138. The standard InChI is InChI=1S/C25H30N4O6S/c1-15-21(24(32)35-5)22(18-7-6-8-19(33-3)23(18)34-4)29-17(14-36-25(29)26-15)13-20(31)28-11-9-27(10-12-28)16(2)30/h6-8,14,22H,9-13H2,1-5H3/t22-/m1/s1. The Labute approximate surface area is 214 Å². The second kappa shape index (κ2) is 10.7. The molecule has 1 aromatic carbocycles. The second-order valence-electron chi connectivity index (χ2n) is 8.53. The lowest BCUT2D eigenvalue weighted by atomic mass is 9.92. The van der Waals surface area contributed by atoms with Gasteiger partial charge in [0.2, 0.25) is 11.8 Å². The number of aliphatic imine (C=N–C) groups is 1. The Balaban J connectivity index is 1.68. The summed E-state index contributed by atoms with van der Waals surface area (Å²) in [5.74, 6) is 0.474. The third kappa shape index (κ3) is 4.67. The van der Waals surface area contributed by atoms with Gasteiger partial charge in [0, 0.05) is 44.4 Å². The van der Waals surface area contributed by atoms with Gasteiger partial charge >= 0.3 is 5.97 Å². The molecule has 3 aliphatic heterocycles. The molecule has 0 N–H and O–H groups in total. The first-order valence-corrected chi connectivity index (χ1v) is 12.5. The molecule has 10 nitrogen and oxygen atoms in total. The first-order chi connectivity index (χ1) is 17.3. The number of fused-ring (bicyclic) bond motifs is 1. The van der Waals surface area contributed by atoms with Crippen LogP contribution in [0.5, 0.6) is 11.5 Å². The number of allylic oxidation sites excluding steroid dienone is 1. The van der Waals surface area contributed by atoms with Gasteiger partial charge in [-0.1, -0.05) is 23.9 Å². The maximum atomic E-state index is 13.3. The number of esters is 1. The fraction of sp³-hybridized carbons (Fsp3) is 0.440. The maximum Gasteiger partial charge on any atom is 0.338 e. The average Bonchev–Trinajstić information content (AvgIpc) is 3.28. The minimum absolute atomic E-state index is 0.0127. The number of carbonyl (C=O) groups excluding carboxylic acids is 3. The molecule has 36 heavy (non-hydrogen) atoms. The van der Waals surface area contributed by atoms with Crippen molar-refractivity contribution in [1.82, 2.24) is 14.7 Å². The van der Waals surface area contributed by atoms with E-state index >= 15 is 0 Å². The normalized spacial score (nSPS) is 19.5. The van der Waals surface area contributed by atoms with Crippen LogP contribution in [0.4, 0.5) is 0 Å². The van der Waals surface area contributed by atoms with Crippen molar-refractivity contribution in [3.05, 3.63) is 46.1 Å². The van der Waals surface area contributed by atoms with E-state index in [-0.39, 0.29) is 18.2 Å². The molecule has 2 amide bonds. The lowest BCUT2D eigenvalue weighted by Gasteiger charge is -2.38. The van der Waals surface area contributed by atoms with Crippen LogP contribution in [0.3, 0.4) is 0 Å². The van der Waals surface area contributed by atoms with Gasteiger partial charge in [-0.3, -0.25) is 9.59 Å². The van der Waals surface area contributed by atoms with E-state index in [1.54, 1.807) is 37.0 Å². The van der Waals surface area contributed by atoms with Crippen LogP contribution >= 0.6 is 11.8 Å². The van der Waals surface area contributed by atoms with E-state index in [0.29, 0.717) is 59.7 Å². The van der Waals surface area contributed by atoms with Crippen LogP contribution in [0.2, 0.25) is 0 Å². The van der Waals surface area contributed by atoms with Crippen molar-refractivity contribution in [2.24, 2.45) is 4.99 Å². The molecule has 0 aromatic heterocycles. The van der Waals surface area contributed by atoms with E-state index in [2.05, 4.69) is 4.99 Å². The number of hydrogen-bond donors (Lipinski definition) is 0. The second-order valence-corrected chi connectivity index (χ2v) is 9.37. The molecule has 0 aliphatic carbocycles. The molecule has 0 bridgehead atoms. The fourth-order valence-electron chi connectivity index (χ4n) is 4.70. The molecule has 1 fully saturated rings. The SMILES string of the molecule is COC(=O)C1=C(C)N=C2SC=C(CC(=O)N3CCN(C(C)=O)CC3)N2[C@@H]1c1cccc(OC)c1OC. The smallest absolute Gasteiger partial charge is 0.338 e. The van der Waals surface area contributed by atoms with E-state index < -0.39 is 12.0 Å². The maximum absolute atomic E-state index is 13.3. The largest absolute Gasteiger partial charge is 0.493 e. The molecule has 3 aliphatic rings. The Hall–Kier alpha value is -3.47. The third-order valence-corrected chi connectivity index (χ3v) is 7.43.